The molecule has 1 fully saturated rings. The normalized spacial score (nSPS) is 20.4. The smallest absolute Gasteiger partial charge is 0.227 e. The molecule has 3 heterocycles. The maximum atomic E-state index is 5.40. The number of hydrogen-bond acceptors (Lipinski definition) is 5. The van der Waals surface area contributed by atoms with E-state index in [0.29, 0.717) is 23.6 Å². The van der Waals surface area contributed by atoms with Crippen LogP contribution in [0.2, 0.25) is 0 Å². The maximum absolute atomic E-state index is 5.40. The van der Waals surface area contributed by atoms with Gasteiger partial charge in [0.2, 0.25) is 11.7 Å². The van der Waals surface area contributed by atoms with E-state index in [9.17, 15) is 0 Å². The number of nitrogens with one attached hydrogen (secondary N) is 1. The minimum absolute atomic E-state index is 0.548. The van der Waals surface area contributed by atoms with Gasteiger partial charge in [0.05, 0.1) is 0 Å². The third-order valence-electron chi connectivity index (χ3n) is 4.07. The molecule has 5 nitrogen and oxygen atoms in total. The molecule has 0 saturated carbocycles. The van der Waals surface area contributed by atoms with Crippen LogP contribution < -0.4 is 5.32 Å². The second-order valence-electron chi connectivity index (χ2n) is 5.69. The van der Waals surface area contributed by atoms with Crippen molar-refractivity contribution in [2.45, 2.75) is 26.2 Å². The van der Waals surface area contributed by atoms with Gasteiger partial charge in [0.15, 0.2) is 0 Å². The number of aromatic nitrogens is 3. The van der Waals surface area contributed by atoms with Crippen LogP contribution in [0.15, 0.2) is 27.5 Å². The summed E-state index contributed by atoms with van der Waals surface area (Å²) in [7, 11) is 0. The second-order valence-corrected chi connectivity index (χ2v) is 6.61. The molecule has 2 atom stereocenters. The predicted molar refractivity (Wildman–Crippen MR) is 83.7 cm³/mol. The molecule has 21 heavy (non-hydrogen) atoms. The van der Waals surface area contributed by atoms with Crippen LogP contribution in [0.1, 0.15) is 25.7 Å². The Balaban J connectivity index is 1.67. The highest BCUT2D eigenvalue weighted by Gasteiger charge is 2.22. The quantitative estimate of drug-likeness (QED) is 0.917. The van der Waals surface area contributed by atoms with Gasteiger partial charge in [-0.15, -0.1) is 0 Å². The zero-order valence-corrected chi connectivity index (χ0v) is 13.6. The van der Waals surface area contributed by atoms with E-state index in [0.717, 1.165) is 29.5 Å². The van der Waals surface area contributed by atoms with E-state index in [-0.39, 0.29) is 0 Å². The van der Waals surface area contributed by atoms with E-state index >= 15 is 0 Å². The minimum Gasteiger partial charge on any atom is -0.339 e. The standard InChI is InChI=1S/C15H19BrN4O/c1-10(11-3-2-4-17-7-11)5-14-19-15(20-21-14)12-6-13(16)9-18-8-12/h6,8-11,17H,2-5,7H2,1H3. The van der Waals surface area contributed by atoms with Gasteiger partial charge in [-0.3, -0.25) is 4.98 Å². The second kappa shape index (κ2) is 6.66. The number of nitrogens with zero attached hydrogens (tertiary/aromatic N) is 3. The lowest BCUT2D eigenvalue weighted by Gasteiger charge is -2.27. The van der Waals surface area contributed by atoms with Crippen LogP contribution in [0.25, 0.3) is 11.4 Å². The number of rotatable bonds is 4. The van der Waals surface area contributed by atoms with Crippen molar-refractivity contribution in [3.05, 3.63) is 28.8 Å². The van der Waals surface area contributed by atoms with E-state index in [1.54, 1.807) is 12.4 Å². The Morgan fingerprint density at radius 2 is 2.38 bits per heavy atom. The first-order valence-electron chi connectivity index (χ1n) is 7.36. The van der Waals surface area contributed by atoms with Crippen molar-refractivity contribution < 1.29 is 4.52 Å². The number of pyridine rings is 1. The van der Waals surface area contributed by atoms with Crippen molar-refractivity contribution in [2.24, 2.45) is 11.8 Å². The minimum atomic E-state index is 0.548. The molecule has 1 N–H and O–H groups in total. The molecule has 0 radical (unpaired) electrons. The fraction of sp³-hybridized carbons (Fsp3) is 0.533. The highest BCUT2D eigenvalue weighted by molar-refractivity contribution is 9.10. The first kappa shape index (κ1) is 14.7. The Labute approximate surface area is 132 Å². The molecule has 1 aliphatic rings. The maximum Gasteiger partial charge on any atom is 0.227 e. The zero-order valence-electron chi connectivity index (χ0n) is 12.1. The molecule has 112 valence electrons. The zero-order chi connectivity index (χ0) is 14.7. The molecule has 0 aliphatic carbocycles. The van der Waals surface area contributed by atoms with Crippen molar-refractivity contribution in [1.29, 1.82) is 0 Å². The van der Waals surface area contributed by atoms with Crippen LogP contribution >= 0.6 is 15.9 Å². The van der Waals surface area contributed by atoms with Crippen LogP contribution in [0.4, 0.5) is 0 Å². The van der Waals surface area contributed by atoms with Crippen molar-refractivity contribution >= 4 is 15.9 Å². The van der Waals surface area contributed by atoms with E-state index in [2.05, 4.69) is 43.3 Å². The number of halogens is 1. The average Bonchev–Trinajstić information content (AvgIpc) is 2.97. The average molecular weight is 351 g/mol. The third kappa shape index (κ3) is 3.68. The molecule has 3 rings (SSSR count). The van der Waals surface area contributed by atoms with Crippen molar-refractivity contribution in [3.8, 4) is 11.4 Å². The first-order valence-corrected chi connectivity index (χ1v) is 8.16. The highest BCUT2D eigenvalue weighted by atomic mass is 79.9. The molecule has 0 amide bonds. The SMILES string of the molecule is CC(Cc1nc(-c2cncc(Br)c2)no1)C1CCCNC1. The predicted octanol–water partition coefficient (Wildman–Crippen LogP) is 3.07. The fourth-order valence-corrected chi connectivity index (χ4v) is 3.16. The van der Waals surface area contributed by atoms with Crippen molar-refractivity contribution in [3.63, 3.8) is 0 Å². The fourth-order valence-electron chi connectivity index (χ4n) is 2.80. The van der Waals surface area contributed by atoms with Gasteiger partial charge in [0, 0.05) is 28.9 Å². The number of hydrogen-bond donors (Lipinski definition) is 1. The van der Waals surface area contributed by atoms with Gasteiger partial charge in [-0.05, 0) is 59.8 Å². The summed E-state index contributed by atoms with van der Waals surface area (Å²) in [5.74, 6) is 2.56. The Hall–Kier alpha value is -1.27. The summed E-state index contributed by atoms with van der Waals surface area (Å²) in [6, 6.07) is 1.94. The van der Waals surface area contributed by atoms with Crippen LogP contribution in [0.5, 0.6) is 0 Å². The third-order valence-corrected chi connectivity index (χ3v) is 4.50. The van der Waals surface area contributed by atoms with Crippen LogP contribution in [0, 0.1) is 11.8 Å². The van der Waals surface area contributed by atoms with Gasteiger partial charge >= 0.3 is 0 Å². The molecule has 2 unspecified atom stereocenters. The Kier molecular flexibility index (Phi) is 4.65. The molecular formula is C15H19BrN4O. The summed E-state index contributed by atoms with van der Waals surface area (Å²) >= 11 is 3.40. The van der Waals surface area contributed by atoms with Crippen LogP contribution in [-0.4, -0.2) is 28.2 Å². The van der Waals surface area contributed by atoms with Crippen LogP contribution in [0.3, 0.4) is 0 Å². The Morgan fingerprint density at radius 1 is 1.48 bits per heavy atom. The van der Waals surface area contributed by atoms with Gasteiger partial charge in [-0.2, -0.15) is 4.98 Å². The van der Waals surface area contributed by atoms with Crippen LogP contribution in [-0.2, 0) is 6.42 Å². The molecule has 6 heteroatoms. The lowest BCUT2D eigenvalue weighted by atomic mass is 9.85. The van der Waals surface area contributed by atoms with E-state index in [1.165, 1.54) is 12.8 Å². The van der Waals surface area contributed by atoms with Crippen molar-refractivity contribution in [1.82, 2.24) is 20.4 Å². The van der Waals surface area contributed by atoms with Crippen molar-refractivity contribution in [2.75, 3.05) is 13.1 Å². The van der Waals surface area contributed by atoms with Gasteiger partial charge in [-0.1, -0.05) is 12.1 Å². The summed E-state index contributed by atoms with van der Waals surface area (Å²) in [4.78, 5) is 8.62. The van der Waals surface area contributed by atoms with E-state index in [1.807, 2.05) is 6.07 Å². The Morgan fingerprint density at radius 3 is 3.14 bits per heavy atom. The molecular weight excluding hydrogens is 332 g/mol. The summed E-state index contributed by atoms with van der Waals surface area (Å²) in [6.45, 7) is 4.50. The summed E-state index contributed by atoms with van der Waals surface area (Å²) in [5.41, 5.74) is 0.867. The monoisotopic (exact) mass is 350 g/mol. The first-order chi connectivity index (χ1) is 10.2. The summed E-state index contributed by atoms with van der Waals surface area (Å²) < 4.78 is 6.31. The number of piperidine rings is 1. The van der Waals surface area contributed by atoms with Gasteiger partial charge in [0.1, 0.15) is 0 Å². The van der Waals surface area contributed by atoms with Gasteiger partial charge in [-0.25, -0.2) is 0 Å². The Bertz CT molecular complexity index is 595. The van der Waals surface area contributed by atoms with Gasteiger partial charge < -0.3 is 9.84 Å². The van der Waals surface area contributed by atoms with E-state index < -0.39 is 0 Å². The molecule has 0 bridgehead atoms. The highest BCUT2D eigenvalue weighted by Crippen LogP contribution is 2.24. The largest absolute Gasteiger partial charge is 0.339 e. The lowest BCUT2D eigenvalue weighted by molar-refractivity contribution is 0.257. The van der Waals surface area contributed by atoms with E-state index in [4.69, 9.17) is 4.52 Å². The molecule has 0 aromatic carbocycles. The summed E-state index contributed by atoms with van der Waals surface area (Å²) in [6.07, 6.45) is 6.86. The molecule has 1 aliphatic heterocycles. The molecule has 0 spiro atoms. The molecule has 2 aromatic rings. The molecule has 2 aromatic heterocycles. The molecule has 1 saturated heterocycles. The topological polar surface area (TPSA) is 63.8 Å². The van der Waals surface area contributed by atoms with Gasteiger partial charge in [0.25, 0.3) is 0 Å². The summed E-state index contributed by atoms with van der Waals surface area (Å²) in [5, 5.41) is 7.52. The lowest BCUT2D eigenvalue weighted by Crippen LogP contribution is -2.33.